The number of hydrazone groups is 1. The monoisotopic (exact) mass is 373 g/mol. The number of imidazole rings is 1. The number of hydrogen-bond donors (Lipinski definition) is 3. The number of aromatic nitrogens is 3. The second-order valence-corrected chi connectivity index (χ2v) is 6.97. The smallest absolute Gasteiger partial charge is 0.166 e. The molecule has 0 fully saturated rings. The maximum atomic E-state index is 5.51. The zero-order valence-electron chi connectivity index (χ0n) is 14.1. The van der Waals surface area contributed by atoms with Crippen LogP contribution in [-0.2, 0) is 0 Å². The summed E-state index contributed by atoms with van der Waals surface area (Å²) in [5.41, 5.74) is 6.08. The summed E-state index contributed by atoms with van der Waals surface area (Å²) in [6, 6.07) is 16.0. The van der Waals surface area contributed by atoms with E-state index in [0.717, 1.165) is 38.7 Å². The highest BCUT2D eigenvalue weighted by molar-refractivity contribution is 7.18. The molecule has 0 unspecified atom stereocenters. The average Bonchev–Trinajstić information content (AvgIpc) is 3.36. The lowest BCUT2D eigenvalue weighted by Crippen LogP contribution is -2.32. The summed E-state index contributed by atoms with van der Waals surface area (Å²) in [5.74, 6) is 12.2. The highest BCUT2D eigenvalue weighted by atomic mass is 32.1. The summed E-state index contributed by atoms with van der Waals surface area (Å²) in [6.45, 7) is 0. The van der Waals surface area contributed by atoms with E-state index in [2.05, 4.69) is 27.0 Å². The van der Waals surface area contributed by atoms with Crippen LogP contribution in [0.4, 0.5) is 0 Å². The van der Waals surface area contributed by atoms with Gasteiger partial charge in [0.05, 0.1) is 16.6 Å². The first-order valence-electron chi connectivity index (χ1n) is 8.28. The molecule has 0 atom stereocenters. The number of nitrogens with two attached hydrogens (primary N) is 2. The van der Waals surface area contributed by atoms with E-state index < -0.39 is 0 Å². The second-order valence-electron chi connectivity index (χ2n) is 6.06. The number of pyridine rings is 1. The van der Waals surface area contributed by atoms with E-state index in [1.165, 1.54) is 4.70 Å². The highest BCUT2D eigenvalue weighted by Gasteiger charge is 2.14. The van der Waals surface area contributed by atoms with Crippen molar-refractivity contribution in [3.63, 3.8) is 0 Å². The number of hydrogen-bond acceptors (Lipinski definition) is 6. The number of nitrogens with one attached hydrogen (secondary N) is 1. The summed E-state index contributed by atoms with van der Waals surface area (Å²) < 4.78 is 3.20. The van der Waals surface area contributed by atoms with Gasteiger partial charge in [-0.1, -0.05) is 24.3 Å². The van der Waals surface area contributed by atoms with Crippen molar-refractivity contribution < 1.29 is 0 Å². The first-order valence-corrected chi connectivity index (χ1v) is 9.16. The first kappa shape index (κ1) is 15.7. The van der Waals surface area contributed by atoms with E-state index >= 15 is 0 Å². The number of benzene rings is 2. The van der Waals surface area contributed by atoms with Gasteiger partial charge in [0.25, 0.3) is 0 Å². The maximum absolute atomic E-state index is 5.51. The Morgan fingerprint density at radius 3 is 2.81 bits per heavy atom. The van der Waals surface area contributed by atoms with Gasteiger partial charge in [0.1, 0.15) is 12.1 Å². The van der Waals surface area contributed by atoms with Crippen LogP contribution in [0.25, 0.3) is 37.8 Å². The third-order valence-corrected chi connectivity index (χ3v) is 5.54. The Kier molecular flexibility index (Phi) is 3.52. The van der Waals surface area contributed by atoms with Gasteiger partial charge in [0.2, 0.25) is 0 Å². The number of hydrazine groups is 1. The molecular formula is C19H15N7S. The van der Waals surface area contributed by atoms with E-state index in [1.807, 2.05) is 53.4 Å². The number of nitrogens with zero attached hydrogens (tertiary/aromatic N) is 4. The fourth-order valence-electron chi connectivity index (χ4n) is 3.34. The Morgan fingerprint density at radius 2 is 1.96 bits per heavy atom. The van der Waals surface area contributed by atoms with Crippen LogP contribution in [0.15, 0.2) is 65.3 Å². The molecule has 3 heterocycles. The molecule has 0 radical (unpaired) electrons. The predicted molar refractivity (Wildman–Crippen MR) is 110 cm³/mol. The minimum Gasteiger partial charge on any atom is -0.321 e. The number of amidine groups is 1. The molecule has 0 aliphatic rings. The molecule has 0 aliphatic heterocycles. The van der Waals surface area contributed by atoms with Gasteiger partial charge in [-0.3, -0.25) is 4.57 Å². The van der Waals surface area contributed by atoms with Crippen molar-refractivity contribution >= 4 is 49.2 Å². The SMILES string of the molecule is N/N=C(\NN)c1ccc2c(c1)nc(-n1cnc3ccccc31)c1ccsc12. The lowest BCUT2D eigenvalue weighted by Gasteiger charge is -2.10. The summed E-state index contributed by atoms with van der Waals surface area (Å²) in [6.07, 6.45) is 1.81. The molecule has 7 nitrogen and oxygen atoms in total. The third kappa shape index (κ3) is 2.35. The molecule has 0 spiro atoms. The Morgan fingerprint density at radius 1 is 1.07 bits per heavy atom. The Bertz CT molecular complexity index is 1330. The average molecular weight is 373 g/mol. The van der Waals surface area contributed by atoms with Gasteiger partial charge in [-0.2, -0.15) is 5.10 Å². The molecule has 5 N–H and O–H groups in total. The van der Waals surface area contributed by atoms with Crippen molar-refractivity contribution in [3.05, 3.63) is 65.8 Å². The summed E-state index contributed by atoms with van der Waals surface area (Å²) >= 11 is 1.69. The standard InChI is InChI=1S/C19H15N7S/c20-24-18(25-21)11-5-6-12-15(9-11)23-19(13-7-8-27-17(12)13)26-10-22-14-3-1-2-4-16(14)26/h1-10H,20-21H2,(H,24,25). The fourth-order valence-corrected chi connectivity index (χ4v) is 4.26. The Labute approximate surface area is 157 Å². The van der Waals surface area contributed by atoms with Crippen molar-refractivity contribution in [2.75, 3.05) is 0 Å². The summed E-state index contributed by atoms with van der Waals surface area (Å²) in [5, 5.41) is 7.93. The molecule has 0 saturated heterocycles. The molecule has 3 aromatic heterocycles. The van der Waals surface area contributed by atoms with E-state index in [-0.39, 0.29) is 0 Å². The van der Waals surface area contributed by atoms with Crippen LogP contribution in [0.1, 0.15) is 5.56 Å². The van der Waals surface area contributed by atoms with Crippen molar-refractivity contribution in [1.82, 2.24) is 20.0 Å². The van der Waals surface area contributed by atoms with Crippen LogP contribution in [0.5, 0.6) is 0 Å². The number of fused-ring (bicyclic) bond motifs is 4. The number of para-hydroxylation sites is 2. The summed E-state index contributed by atoms with van der Waals surface area (Å²) in [4.78, 5) is 9.45. The maximum Gasteiger partial charge on any atom is 0.166 e. The molecule has 2 aromatic carbocycles. The van der Waals surface area contributed by atoms with Crippen LogP contribution in [0.3, 0.4) is 0 Å². The van der Waals surface area contributed by atoms with E-state index in [1.54, 1.807) is 11.3 Å². The Balaban J connectivity index is 1.84. The Hall–Kier alpha value is -3.49. The van der Waals surface area contributed by atoms with E-state index in [0.29, 0.717) is 5.84 Å². The molecule has 5 aromatic rings. The third-order valence-electron chi connectivity index (χ3n) is 4.60. The largest absolute Gasteiger partial charge is 0.321 e. The van der Waals surface area contributed by atoms with Crippen LogP contribution < -0.4 is 17.1 Å². The molecule has 0 bridgehead atoms. The van der Waals surface area contributed by atoms with E-state index in [4.69, 9.17) is 16.7 Å². The molecule has 27 heavy (non-hydrogen) atoms. The minimum atomic E-state index is 0.402. The topological polar surface area (TPSA) is 107 Å². The van der Waals surface area contributed by atoms with Gasteiger partial charge in [-0.15, -0.1) is 11.3 Å². The normalized spacial score (nSPS) is 12.3. The van der Waals surface area contributed by atoms with Crippen LogP contribution >= 0.6 is 11.3 Å². The second kappa shape index (κ2) is 6.04. The van der Waals surface area contributed by atoms with Crippen LogP contribution in [-0.4, -0.2) is 20.4 Å². The lowest BCUT2D eigenvalue weighted by molar-refractivity contribution is 1.00. The van der Waals surface area contributed by atoms with Crippen molar-refractivity contribution in [2.24, 2.45) is 16.8 Å². The number of rotatable bonds is 2. The van der Waals surface area contributed by atoms with Gasteiger partial charge in [-0.05, 0) is 29.6 Å². The molecule has 132 valence electrons. The number of thiophene rings is 1. The van der Waals surface area contributed by atoms with Gasteiger partial charge < -0.3 is 11.3 Å². The predicted octanol–water partition coefficient (Wildman–Crippen LogP) is 2.87. The van der Waals surface area contributed by atoms with Gasteiger partial charge in [0, 0.05) is 21.0 Å². The highest BCUT2D eigenvalue weighted by Crippen LogP contribution is 2.34. The zero-order valence-corrected chi connectivity index (χ0v) is 14.9. The zero-order chi connectivity index (χ0) is 18.4. The lowest BCUT2D eigenvalue weighted by atomic mass is 10.1. The molecule has 0 saturated carbocycles. The minimum absolute atomic E-state index is 0.402. The fraction of sp³-hybridized carbons (Fsp3) is 0. The summed E-state index contributed by atoms with van der Waals surface area (Å²) in [7, 11) is 0. The van der Waals surface area contributed by atoms with Crippen LogP contribution in [0.2, 0.25) is 0 Å². The van der Waals surface area contributed by atoms with Gasteiger partial charge >= 0.3 is 0 Å². The molecule has 8 heteroatoms. The molecular weight excluding hydrogens is 358 g/mol. The van der Waals surface area contributed by atoms with Crippen molar-refractivity contribution in [3.8, 4) is 5.82 Å². The molecule has 0 aliphatic carbocycles. The molecule has 0 amide bonds. The van der Waals surface area contributed by atoms with Crippen molar-refractivity contribution in [1.29, 1.82) is 0 Å². The van der Waals surface area contributed by atoms with Gasteiger partial charge in [0.15, 0.2) is 5.84 Å². The quantitative estimate of drug-likeness (QED) is 0.191. The van der Waals surface area contributed by atoms with Gasteiger partial charge in [-0.25, -0.2) is 15.8 Å². The van der Waals surface area contributed by atoms with E-state index in [9.17, 15) is 0 Å². The van der Waals surface area contributed by atoms with Crippen LogP contribution in [0, 0.1) is 0 Å². The van der Waals surface area contributed by atoms with Crippen molar-refractivity contribution in [2.45, 2.75) is 0 Å². The first-order chi connectivity index (χ1) is 13.3. The molecule has 5 rings (SSSR count).